The van der Waals surface area contributed by atoms with E-state index >= 15 is 0 Å². The first-order valence-corrected chi connectivity index (χ1v) is 11.5. The van der Waals surface area contributed by atoms with Crippen molar-refractivity contribution in [3.63, 3.8) is 0 Å². The average Bonchev–Trinajstić information content (AvgIpc) is 3.24. The zero-order valence-corrected chi connectivity index (χ0v) is 20.0. The van der Waals surface area contributed by atoms with E-state index in [4.69, 9.17) is 26.5 Å². The van der Waals surface area contributed by atoms with Gasteiger partial charge in [0.2, 0.25) is 0 Å². The maximum atomic E-state index is 8.09. The highest BCUT2D eigenvalue weighted by molar-refractivity contribution is 6.29. The monoisotopic (exact) mass is 462 g/mol. The van der Waals surface area contributed by atoms with Gasteiger partial charge in [-0.1, -0.05) is 49.7 Å². The molecule has 7 nitrogen and oxygen atoms in total. The van der Waals surface area contributed by atoms with Crippen LogP contribution in [0.25, 0.3) is 17.0 Å². The molecule has 0 radical (unpaired) electrons. The van der Waals surface area contributed by atoms with Crippen LogP contribution in [0.3, 0.4) is 0 Å². The Hall–Kier alpha value is -3.19. The molecule has 0 aliphatic carbocycles. The third kappa shape index (κ3) is 4.50. The molecule has 0 fully saturated rings. The molecule has 170 valence electrons. The Balaban J connectivity index is 1.65. The van der Waals surface area contributed by atoms with Gasteiger partial charge in [0.25, 0.3) is 5.89 Å². The number of nitrogens with one attached hydrogen (secondary N) is 1. The minimum Gasteiger partial charge on any atom is -0.334 e. The van der Waals surface area contributed by atoms with Gasteiger partial charge in [0.05, 0.1) is 16.7 Å². The van der Waals surface area contributed by atoms with Crippen molar-refractivity contribution in [1.29, 1.82) is 5.41 Å². The lowest BCUT2D eigenvalue weighted by molar-refractivity contribution is 0.350. The Morgan fingerprint density at radius 2 is 2.00 bits per heavy atom. The van der Waals surface area contributed by atoms with Crippen LogP contribution in [-0.4, -0.2) is 32.2 Å². The molecule has 1 N–H and O–H groups in total. The van der Waals surface area contributed by atoms with Crippen molar-refractivity contribution >= 4 is 29.2 Å². The van der Waals surface area contributed by atoms with Crippen LogP contribution in [0.15, 0.2) is 52.3 Å². The molecule has 0 aromatic carbocycles. The number of hydrogen-bond donors (Lipinski definition) is 1. The first-order chi connectivity index (χ1) is 15.8. The molecule has 4 rings (SSSR count). The molecular formula is C25H27ClN6O. The van der Waals surface area contributed by atoms with Gasteiger partial charge in [-0.2, -0.15) is 4.98 Å². The van der Waals surface area contributed by atoms with E-state index in [1.54, 1.807) is 24.5 Å². The molecule has 0 saturated heterocycles. The number of nitrogens with zero attached hydrogens (tertiary/aromatic N) is 5. The van der Waals surface area contributed by atoms with Crippen molar-refractivity contribution in [1.82, 2.24) is 20.1 Å². The Labute approximate surface area is 198 Å². The second-order valence-electron chi connectivity index (χ2n) is 8.73. The lowest BCUT2D eigenvalue weighted by Gasteiger charge is -2.30. The summed E-state index contributed by atoms with van der Waals surface area (Å²) in [7, 11) is 0. The van der Waals surface area contributed by atoms with Crippen LogP contribution in [0.1, 0.15) is 57.6 Å². The van der Waals surface area contributed by atoms with Gasteiger partial charge in [-0.3, -0.25) is 10.4 Å². The Morgan fingerprint density at radius 1 is 1.18 bits per heavy atom. The summed E-state index contributed by atoms with van der Waals surface area (Å²) in [6.45, 7) is 8.44. The van der Waals surface area contributed by atoms with E-state index in [1.165, 1.54) is 0 Å². The minimum atomic E-state index is -0.505. The van der Waals surface area contributed by atoms with E-state index in [9.17, 15) is 0 Å². The summed E-state index contributed by atoms with van der Waals surface area (Å²) in [4.78, 5) is 17.8. The number of aromatic nitrogens is 4. The zero-order valence-electron chi connectivity index (χ0n) is 19.2. The van der Waals surface area contributed by atoms with Crippen LogP contribution in [-0.2, 0) is 5.41 Å². The van der Waals surface area contributed by atoms with Gasteiger partial charge >= 0.3 is 0 Å². The summed E-state index contributed by atoms with van der Waals surface area (Å²) in [6.07, 6.45) is 9.05. The molecule has 2 unspecified atom stereocenters. The predicted molar refractivity (Wildman–Crippen MR) is 131 cm³/mol. The Morgan fingerprint density at radius 3 is 2.64 bits per heavy atom. The molecule has 3 aromatic rings. The van der Waals surface area contributed by atoms with Crippen LogP contribution in [0, 0.1) is 17.2 Å². The van der Waals surface area contributed by atoms with Crippen LogP contribution in [0.5, 0.6) is 0 Å². The molecule has 0 bridgehead atoms. The summed E-state index contributed by atoms with van der Waals surface area (Å²) in [5.41, 5.74) is 2.97. The highest BCUT2D eigenvalue weighted by atomic mass is 35.5. The van der Waals surface area contributed by atoms with Gasteiger partial charge in [0.1, 0.15) is 11.0 Å². The molecule has 2 atom stereocenters. The zero-order chi connectivity index (χ0) is 23.6. The second-order valence-corrected chi connectivity index (χ2v) is 9.11. The van der Waals surface area contributed by atoms with Crippen LogP contribution < -0.4 is 0 Å². The summed E-state index contributed by atoms with van der Waals surface area (Å²) < 4.78 is 5.56. The van der Waals surface area contributed by atoms with E-state index < -0.39 is 5.41 Å². The van der Waals surface area contributed by atoms with Crippen molar-refractivity contribution in [2.45, 2.75) is 46.0 Å². The Bertz CT molecular complexity index is 1200. The van der Waals surface area contributed by atoms with Gasteiger partial charge in [0, 0.05) is 30.1 Å². The van der Waals surface area contributed by atoms with Gasteiger partial charge in [-0.25, -0.2) is 9.98 Å². The third-order valence-corrected chi connectivity index (χ3v) is 6.75. The average molecular weight is 463 g/mol. The molecule has 1 aliphatic heterocycles. The number of hydrogen-bond acceptors (Lipinski definition) is 6. The maximum absolute atomic E-state index is 8.09. The molecular weight excluding hydrogens is 436 g/mol. The summed E-state index contributed by atoms with van der Waals surface area (Å²) in [6, 6.07) is 7.55. The lowest BCUT2D eigenvalue weighted by atomic mass is 9.73. The first kappa shape index (κ1) is 23.0. The number of pyridine rings is 2. The Kier molecular flexibility index (Phi) is 6.51. The molecule has 33 heavy (non-hydrogen) atoms. The normalized spacial score (nSPS) is 18.2. The van der Waals surface area contributed by atoms with Crippen LogP contribution >= 0.6 is 11.6 Å². The third-order valence-electron chi connectivity index (χ3n) is 6.52. The van der Waals surface area contributed by atoms with Crippen LogP contribution in [0.4, 0.5) is 0 Å². The second kappa shape index (κ2) is 9.35. The molecule has 3 aromatic heterocycles. The quantitative estimate of drug-likeness (QED) is 0.452. The molecule has 1 aliphatic rings. The fourth-order valence-corrected chi connectivity index (χ4v) is 3.97. The van der Waals surface area contributed by atoms with E-state index in [1.807, 2.05) is 12.3 Å². The largest absolute Gasteiger partial charge is 0.334 e. The number of amidine groups is 1. The predicted octanol–water partition coefficient (Wildman–Crippen LogP) is 6.00. The van der Waals surface area contributed by atoms with E-state index in [0.29, 0.717) is 28.3 Å². The van der Waals surface area contributed by atoms with E-state index in [-0.39, 0.29) is 11.8 Å². The highest BCUT2D eigenvalue weighted by Gasteiger charge is 2.38. The van der Waals surface area contributed by atoms with Crippen LogP contribution in [0.2, 0.25) is 5.15 Å². The fourth-order valence-electron chi connectivity index (χ4n) is 3.86. The first-order valence-electron chi connectivity index (χ1n) is 11.1. The van der Waals surface area contributed by atoms with Crippen molar-refractivity contribution in [2.24, 2.45) is 16.8 Å². The van der Waals surface area contributed by atoms with Gasteiger partial charge in [-0.15, -0.1) is 0 Å². The summed E-state index contributed by atoms with van der Waals surface area (Å²) in [5.74, 6) is 1.76. The number of allylic oxidation sites excluding steroid dienone is 2. The molecule has 8 heteroatoms. The number of rotatable bonds is 6. The number of aliphatic imine (C=N–C) groups is 1. The van der Waals surface area contributed by atoms with Crippen molar-refractivity contribution in [2.75, 3.05) is 0 Å². The fraction of sp³-hybridized carbons (Fsp3) is 0.360. The summed E-state index contributed by atoms with van der Waals surface area (Å²) in [5, 5.41) is 12.8. The van der Waals surface area contributed by atoms with Gasteiger partial charge in [-0.05, 0) is 49.4 Å². The van der Waals surface area contributed by atoms with Crippen molar-refractivity contribution < 1.29 is 4.52 Å². The SMILES string of the molecule is CCC1CC=C(c2ccc(C(C)(c3noc(-c4ccc(Cl)nc4)n3)C(C)C)cn2)C=NC1=N. The van der Waals surface area contributed by atoms with Crippen molar-refractivity contribution in [3.8, 4) is 11.5 Å². The molecule has 0 saturated carbocycles. The molecule has 0 spiro atoms. The lowest BCUT2D eigenvalue weighted by Crippen LogP contribution is -2.31. The smallest absolute Gasteiger partial charge is 0.259 e. The number of halogens is 1. The maximum Gasteiger partial charge on any atom is 0.259 e. The topological polar surface area (TPSA) is 101 Å². The van der Waals surface area contributed by atoms with Gasteiger partial charge in [0.15, 0.2) is 5.82 Å². The highest BCUT2D eigenvalue weighted by Crippen LogP contribution is 2.38. The van der Waals surface area contributed by atoms with E-state index in [2.05, 4.69) is 60.0 Å². The molecule has 0 amide bonds. The van der Waals surface area contributed by atoms with Gasteiger partial charge < -0.3 is 4.52 Å². The molecule has 4 heterocycles. The standard InChI is InChI=1S/C25H27ClN6O/c1-5-16-6-7-17(12-30-22(16)27)20-10-9-19(14-28-20)25(4,15(2)3)24-31-23(33-32-24)18-8-11-21(26)29-13-18/h7-16,27H,5-6H2,1-4H3. The van der Waals surface area contributed by atoms with E-state index in [0.717, 1.165) is 29.7 Å². The van der Waals surface area contributed by atoms with Crippen molar-refractivity contribution in [3.05, 3.63) is 65.0 Å². The summed E-state index contributed by atoms with van der Waals surface area (Å²) >= 11 is 5.89. The minimum absolute atomic E-state index is 0.158.